The van der Waals surface area contributed by atoms with Crippen LogP contribution in [0.25, 0.3) is 11.8 Å². The number of nitriles is 1. The predicted molar refractivity (Wildman–Crippen MR) is 81.1 cm³/mol. The molecule has 0 bridgehead atoms. The Labute approximate surface area is 131 Å². The lowest BCUT2D eigenvalue weighted by Gasteiger charge is -2.05. The summed E-state index contributed by atoms with van der Waals surface area (Å²) in [5.74, 6) is -0.821. The highest BCUT2D eigenvalue weighted by Crippen LogP contribution is 2.28. The van der Waals surface area contributed by atoms with Gasteiger partial charge in [-0.15, -0.1) is 0 Å². The zero-order valence-electron chi connectivity index (χ0n) is 11.0. The number of benzene rings is 1. The van der Waals surface area contributed by atoms with Crippen LogP contribution >= 0.6 is 23.2 Å². The largest absolute Gasteiger partial charge is 0.365 e. The molecule has 0 aliphatic carbocycles. The number of carbonyl (C=O) groups is 1. The molecule has 0 fully saturated rings. The summed E-state index contributed by atoms with van der Waals surface area (Å²) in [6.07, 6.45) is 1.32. The Balaban J connectivity index is 2.62. The van der Waals surface area contributed by atoms with Crippen LogP contribution in [0.5, 0.6) is 0 Å². The average Bonchev–Trinajstić information content (AvgIpc) is 2.72. The number of para-hydroxylation sites is 1. The van der Waals surface area contributed by atoms with Gasteiger partial charge >= 0.3 is 0 Å². The summed E-state index contributed by atoms with van der Waals surface area (Å²) in [6, 6.07) is 8.79. The third-order valence-electron chi connectivity index (χ3n) is 2.80. The van der Waals surface area contributed by atoms with Crippen LogP contribution < -0.4 is 5.73 Å². The Morgan fingerprint density at radius 1 is 1.43 bits per heavy atom. The van der Waals surface area contributed by atoms with E-state index in [2.05, 4.69) is 5.10 Å². The highest BCUT2D eigenvalue weighted by molar-refractivity contribution is 6.33. The minimum Gasteiger partial charge on any atom is -0.365 e. The molecule has 2 aromatic rings. The lowest BCUT2D eigenvalue weighted by Crippen LogP contribution is -2.12. The molecule has 0 atom stereocenters. The topological polar surface area (TPSA) is 84.7 Å². The van der Waals surface area contributed by atoms with E-state index in [1.165, 1.54) is 10.8 Å². The molecule has 5 nitrogen and oxygen atoms in total. The van der Waals surface area contributed by atoms with Crippen LogP contribution in [0.15, 0.2) is 29.8 Å². The number of aryl methyl sites for hydroxylation is 1. The van der Waals surface area contributed by atoms with Crippen molar-refractivity contribution in [1.82, 2.24) is 9.78 Å². The van der Waals surface area contributed by atoms with Crippen LogP contribution in [0, 0.1) is 18.3 Å². The van der Waals surface area contributed by atoms with Crippen LogP contribution in [0.2, 0.25) is 10.2 Å². The van der Waals surface area contributed by atoms with E-state index in [4.69, 9.17) is 34.2 Å². The molecule has 0 radical (unpaired) electrons. The molecule has 1 amide bonds. The summed E-state index contributed by atoms with van der Waals surface area (Å²) in [5, 5.41) is 13.9. The van der Waals surface area contributed by atoms with Gasteiger partial charge in [-0.2, -0.15) is 10.4 Å². The summed E-state index contributed by atoms with van der Waals surface area (Å²) < 4.78 is 1.45. The zero-order valence-corrected chi connectivity index (χ0v) is 12.5. The van der Waals surface area contributed by atoms with Crippen LogP contribution in [-0.4, -0.2) is 15.7 Å². The number of nitrogens with zero attached hydrogens (tertiary/aromatic N) is 3. The number of carbonyl (C=O) groups excluding carboxylic acids is 1. The van der Waals surface area contributed by atoms with Crippen LogP contribution in [0.4, 0.5) is 0 Å². The lowest BCUT2D eigenvalue weighted by atomic mass is 10.1. The minimum atomic E-state index is -0.821. The zero-order chi connectivity index (χ0) is 15.6. The molecule has 0 aliphatic rings. The number of rotatable bonds is 3. The molecule has 2 rings (SSSR count). The van der Waals surface area contributed by atoms with Crippen molar-refractivity contribution in [3.05, 3.63) is 51.3 Å². The number of amides is 1. The lowest BCUT2D eigenvalue weighted by molar-refractivity contribution is -0.114. The summed E-state index contributed by atoms with van der Waals surface area (Å²) in [5.41, 5.74) is 6.52. The van der Waals surface area contributed by atoms with Crippen molar-refractivity contribution in [2.24, 2.45) is 5.73 Å². The predicted octanol–water partition coefficient (Wildman–Crippen LogP) is 2.88. The second-order valence-corrected chi connectivity index (χ2v) is 4.95. The van der Waals surface area contributed by atoms with Crippen molar-refractivity contribution in [3.63, 3.8) is 0 Å². The molecule has 0 aliphatic heterocycles. The first kappa shape index (κ1) is 15.1. The number of hydrogen-bond acceptors (Lipinski definition) is 3. The van der Waals surface area contributed by atoms with Gasteiger partial charge in [0.15, 0.2) is 0 Å². The Morgan fingerprint density at radius 2 is 2.10 bits per heavy atom. The summed E-state index contributed by atoms with van der Waals surface area (Å²) in [4.78, 5) is 11.1. The SMILES string of the molecule is Cc1nn(-c2ccccc2Cl)c(Cl)c1C=C(C#N)C(N)=O. The van der Waals surface area contributed by atoms with Gasteiger partial charge < -0.3 is 5.73 Å². The highest BCUT2D eigenvalue weighted by atomic mass is 35.5. The normalized spacial score (nSPS) is 11.2. The molecule has 0 unspecified atom stereocenters. The first-order valence-corrected chi connectivity index (χ1v) is 6.63. The molecule has 2 N–H and O–H groups in total. The van der Waals surface area contributed by atoms with E-state index in [0.717, 1.165) is 0 Å². The van der Waals surface area contributed by atoms with Crippen LogP contribution in [0.3, 0.4) is 0 Å². The highest BCUT2D eigenvalue weighted by Gasteiger charge is 2.16. The number of aromatic nitrogens is 2. The van der Waals surface area contributed by atoms with E-state index < -0.39 is 5.91 Å². The van der Waals surface area contributed by atoms with E-state index >= 15 is 0 Å². The molecule has 1 aromatic heterocycles. The van der Waals surface area contributed by atoms with Crippen LogP contribution in [0.1, 0.15) is 11.3 Å². The molecule has 7 heteroatoms. The third-order valence-corrected chi connectivity index (χ3v) is 3.49. The number of primary amides is 1. The van der Waals surface area contributed by atoms with E-state index in [-0.39, 0.29) is 10.7 Å². The molecular formula is C14H10Cl2N4O. The van der Waals surface area contributed by atoms with Crippen LogP contribution in [-0.2, 0) is 4.79 Å². The van der Waals surface area contributed by atoms with E-state index in [0.29, 0.717) is 22.0 Å². The second-order valence-electron chi connectivity index (χ2n) is 4.19. The molecule has 0 saturated carbocycles. The van der Waals surface area contributed by atoms with E-state index in [9.17, 15) is 4.79 Å². The molecule has 0 spiro atoms. The van der Waals surface area contributed by atoms with Crippen molar-refractivity contribution in [2.45, 2.75) is 6.92 Å². The van der Waals surface area contributed by atoms with Gasteiger partial charge in [-0.05, 0) is 25.1 Å². The van der Waals surface area contributed by atoms with Gasteiger partial charge in [0.1, 0.15) is 16.8 Å². The third kappa shape index (κ3) is 2.92. The van der Waals surface area contributed by atoms with Gasteiger partial charge in [0, 0.05) is 5.56 Å². The van der Waals surface area contributed by atoms with Gasteiger partial charge in [0.2, 0.25) is 0 Å². The fraction of sp³-hybridized carbons (Fsp3) is 0.0714. The number of nitrogens with two attached hydrogens (primary N) is 1. The van der Waals surface area contributed by atoms with Gasteiger partial charge in [0.25, 0.3) is 5.91 Å². The first-order valence-electron chi connectivity index (χ1n) is 5.87. The maximum absolute atomic E-state index is 11.1. The van der Waals surface area contributed by atoms with Gasteiger partial charge in [0.05, 0.1) is 16.4 Å². The first-order chi connectivity index (χ1) is 9.95. The Bertz CT molecular complexity index is 787. The van der Waals surface area contributed by atoms with E-state index in [1.54, 1.807) is 37.3 Å². The summed E-state index contributed by atoms with van der Waals surface area (Å²) in [7, 11) is 0. The van der Waals surface area contributed by atoms with Crippen molar-refractivity contribution in [2.75, 3.05) is 0 Å². The maximum Gasteiger partial charge on any atom is 0.259 e. The Hall–Kier alpha value is -2.29. The maximum atomic E-state index is 11.1. The van der Waals surface area contributed by atoms with Crippen molar-refractivity contribution >= 4 is 35.2 Å². The molecular weight excluding hydrogens is 311 g/mol. The van der Waals surface area contributed by atoms with Gasteiger partial charge in [-0.25, -0.2) is 4.68 Å². The molecule has 1 heterocycles. The van der Waals surface area contributed by atoms with E-state index in [1.807, 2.05) is 0 Å². The van der Waals surface area contributed by atoms with Crippen molar-refractivity contribution in [3.8, 4) is 11.8 Å². The average molecular weight is 321 g/mol. The molecule has 106 valence electrons. The Morgan fingerprint density at radius 3 is 2.67 bits per heavy atom. The molecule has 1 aromatic carbocycles. The standard InChI is InChI=1S/C14H10Cl2N4O/c1-8-10(6-9(7-17)14(18)21)13(16)20(19-8)12-5-3-2-4-11(12)15/h2-6H,1H3,(H2,18,21). The quantitative estimate of drug-likeness (QED) is 0.697. The summed E-state index contributed by atoms with van der Waals surface area (Å²) >= 11 is 12.4. The monoisotopic (exact) mass is 320 g/mol. The minimum absolute atomic E-state index is 0.196. The Kier molecular flexibility index (Phi) is 4.32. The number of halogens is 2. The van der Waals surface area contributed by atoms with Crippen molar-refractivity contribution < 1.29 is 4.79 Å². The smallest absolute Gasteiger partial charge is 0.259 e. The fourth-order valence-corrected chi connectivity index (χ4v) is 2.30. The van der Waals surface area contributed by atoms with Crippen molar-refractivity contribution in [1.29, 1.82) is 5.26 Å². The fourth-order valence-electron chi connectivity index (χ4n) is 1.76. The molecule has 0 saturated heterocycles. The molecule has 21 heavy (non-hydrogen) atoms. The number of hydrogen-bond donors (Lipinski definition) is 1. The summed E-state index contributed by atoms with van der Waals surface area (Å²) in [6.45, 7) is 1.71. The second kappa shape index (κ2) is 6.00. The van der Waals surface area contributed by atoms with Gasteiger partial charge in [-0.1, -0.05) is 35.3 Å². The van der Waals surface area contributed by atoms with Gasteiger partial charge in [-0.3, -0.25) is 4.79 Å².